The van der Waals surface area contributed by atoms with Crippen LogP contribution in [0.1, 0.15) is 74.9 Å². The van der Waals surface area contributed by atoms with Crippen LogP contribution in [-0.4, -0.2) is 56.8 Å². The minimum atomic E-state index is -0.387. The van der Waals surface area contributed by atoms with E-state index in [2.05, 4.69) is 82.7 Å². The maximum absolute atomic E-state index is 12.9. The summed E-state index contributed by atoms with van der Waals surface area (Å²) in [7, 11) is 0. The number of amides is 1. The summed E-state index contributed by atoms with van der Waals surface area (Å²) in [4.78, 5) is 36.2. The SMILES string of the molecule is C=C1C[C@H]2[C@H](CN)[C@@H](C)C[C@]23c2[nH]c4ccccc4c2CCCN13.C[C@H]1C[C@@]23c4[nH]c5ccccc5c4CCCN2C(=O)C[C@H]3[C@@H]1C[N+](=O)[O-]. The Bertz CT molecular complexity index is 2030. The van der Waals surface area contributed by atoms with Crippen LogP contribution in [0.2, 0.25) is 0 Å². The average molecular weight is 675 g/mol. The Morgan fingerprint density at radius 3 is 1.94 bits per heavy atom. The molecule has 0 bridgehead atoms. The number of para-hydroxylation sites is 2. The van der Waals surface area contributed by atoms with Crippen LogP contribution >= 0.6 is 0 Å². The third-order valence-corrected chi connectivity index (χ3v) is 14.2. The van der Waals surface area contributed by atoms with Crippen molar-refractivity contribution in [1.82, 2.24) is 19.8 Å². The lowest BCUT2D eigenvalue weighted by Crippen LogP contribution is -2.45. The number of nitro groups is 1. The molecular weight excluding hydrogens is 624 g/mol. The summed E-state index contributed by atoms with van der Waals surface area (Å²) in [6, 6.07) is 17.1. The molecule has 8 atom stereocenters. The smallest absolute Gasteiger partial charge is 0.223 e. The number of hydrogen-bond acceptors (Lipinski definition) is 5. The van der Waals surface area contributed by atoms with Crippen LogP contribution in [0.3, 0.4) is 0 Å². The van der Waals surface area contributed by atoms with Crippen molar-refractivity contribution in [2.45, 2.75) is 76.3 Å². The standard InChI is InChI=1S/C21H27N3.C20H23N3O3/c1-13-11-21-18(17(13)12-22)10-14(2)24(21)9-5-7-16-15-6-3-4-8-19(15)23-20(16)21;1-12-10-20-16(15(12)11-23(25)26)9-18(24)22(20)8-4-6-14-13-5-2-3-7-17(13)21-19(14)20/h3-4,6,8,13,17-18,23H,2,5,7,9-12,22H2,1H3;2-3,5,7,12,15-16,21H,4,6,8-11H2,1H3/t13-,17+,18-,21+;12-,15+,16-,20+/m00/s1. The van der Waals surface area contributed by atoms with Crippen molar-refractivity contribution in [3.63, 3.8) is 0 Å². The van der Waals surface area contributed by atoms with Crippen molar-refractivity contribution in [2.24, 2.45) is 41.2 Å². The number of nitrogens with zero attached hydrogens (tertiary/aromatic N) is 3. The number of rotatable bonds is 3. The van der Waals surface area contributed by atoms with Gasteiger partial charge >= 0.3 is 0 Å². The number of aryl methyl sites for hydroxylation is 2. The number of H-pyrrole nitrogens is 2. The Hall–Kier alpha value is -4.11. The number of nitrogens with two attached hydrogens (primary N) is 1. The van der Waals surface area contributed by atoms with E-state index in [-0.39, 0.29) is 46.2 Å². The van der Waals surface area contributed by atoms with E-state index in [1.165, 1.54) is 52.5 Å². The number of carbonyl (C=O) groups excluding carboxylic acids is 1. The molecule has 4 N–H and O–H groups in total. The second kappa shape index (κ2) is 11.5. The lowest BCUT2D eigenvalue weighted by atomic mass is 9.79. The molecule has 9 nitrogen and oxygen atoms in total. The van der Waals surface area contributed by atoms with E-state index in [9.17, 15) is 14.9 Å². The predicted octanol–water partition coefficient (Wildman–Crippen LogP) is 6.85. The zero-order valence-electron chi connectivity index (χ0n) is 29.4. The molecule has 2 spiro atoms. The maximum Gasteiger partial charge on any atom is 0.223 e. The molecule has 4 aliphatic heterocycles. The highest BCUT2D eigenvalue weighted by Gasteiger charge is 2.65. The van der Waals surface area contributed by atoms with Gasteiger partial charge < -0.3 is 25.5 Å². The van der Waals surface area contributed by atoms with Gasteiger partial charge in [0.15, 0.2) is 0 Å². The van der Waals surface area contributed by atoms with Crippen LogP contribution in [0, 0.1) is 45.6 Å². The maximum atomic E-state index is 12.9. The van der Waals surface area contributed by atoms with Gasteiger partial charge in [-0.25, -0.2) is 0 Å². The van der Waals surface area contributed by atoms with Gasteiger partial charge in [-0.05, 0) is 98.4 Å². The van der Waals surface area contributed by atoms with Crippen molar-refractivity contribution < 1.29 is 9.72 Å². The van der Waals surface area contributed by atoms with E-state index in [4.69, 9.17) is 5.73 Å². The highest BCUT2D eigenvalue weighted by Crippen LogP contribution is 2.63. The highest BCUT2D eigenvalue weighted by molar-refractivity contribution is 5.88. The molecule has 4 aromatic rings. The third-order valence-electron chi connectivity index (χ3n) is 14.2. The lowest BCUT2D eigenvalue weighted by Gasteiger charge is -2.40. The van der Waals surface area contributed by atoms with E-state index >= 15 is 0 Å². The minimum Gasteiger partial charge on any atom is -0.364 e. The van der Waals surface area contributed by atoms with Crippen LogP contribution in [-0.2, 0) is 28.7 Å². The predicted molar refractivity (Wildman–Crippen MR) is 196 cm³/mol. The number of allylic oxidation sites excluding steroid dienone is 1. The fraction of sp³-hybridized carbons (Fsp3) is 0.537. The number of benzene rings is 2. The van der Waals surface area contributed by atoms with Crippen molar-refractivity contribution in [1.29, 1.82) is 0 Å². The number of aromatic amines is 2. The topological polar surface area (TPSA) is 124 Å². The molecular formula is C41H50N6O3. The monoisotopic (exact) mass is 674 g/mol. The summed E-state index contributed by atoms with van der Waals surface area (Å²) in [5, 5.41) is 13.9. The Morgan fingerprint density at radius 1 is 0.840 bits per heavy atom. The van der Waals surface area contributed by atoms with E-state index < -0.39 is 0 Å². The van der Waals surface area contributed by atoms with E-state index in [1.54, 1.807) is 5.56 Å². The molecule has 4 fully saturated rings. The van der Waals surface area contributed by atoms with Crippen LogP contribution in [0.4, 0.5) is 0 Å². The number of aromatic nitrogens is 2. The first-order chi connectivity index (χ1) is 24.2. The molecule has 2 saturated carbocycles. The fourth-order valence-electron chi connectivity index (χ4n) is 12.4. The van der Waals surface area contributed by atoms with E-state index in [0.717, 1.165) is 56.5 Å². The number of hydrogen-bond donors (Lipinski definition) is 3. The van der Waals surface area contributed by atoms with Crippen molar-refractivity contribution in [3.05, 3.63) is 93.4 Å². The molecule has 9 heteroatoms. The summed E-state index contributed by atoms with van der Waals surface area (Å²) in [5.41, 5.74) is 15.2. The first-order valence-corrected chi connectivity index (χ1v) is 19.0. The molecule has 10 rings (SSSR count). The van der Waals surface area contributed by atoms with Gasteiger partial charge in [0, 0.05) is 75.2 Å². The zero-order valence-corrected chi connectivity index (χ0v) is 29.4. The number of carbonyl (C=O) groups is 1. The van der Waals surface area contributed by atoms with Crippen LogP contribution in [0.5, 0.6) is 0 Å². The third kappa shape index (κ3) is 4.25. The quantitative estimate of drug-likeness (QED) is 0.162. The number of fused-ring (bicyclic) bond motifs is 6. The highest BCUT2D eigenvalue weighted by atomic mass is 16.6. The molecule has 2 aliphatic carbocycles. The van der Waals surface area contributed by atoms with E-state index in [0.29, 0.717) is 24.2 Å². The van der Waals surface area contributed by atoms with Gasteiger partial charge in [-0.15, -0.1) is 0 Å². The molecule has 1 amide bonds. The summed E-state index contributed by atoms with van der Waals surface area (Å²) in [6.07, 6.45) is 7.86. The Balaban J connectivity index is 0.000000135. The molecule has 50 heavy (non-hydrogen) atoms. The summed E-state index contributed by atoms with van der Waals surface area (Å²) in [5.74, 6) is 2.27. The minimum absolute atomic E-state index is 0.0281. The Labute approximate surface area is 293 Å². The Morgan fingerprint density at radius 2 is 1.36 bits per heavy atom. The lowest BCUT2D eigenvalue weighted by molar-refractivity contribution is -0.491. The van der Waals surface area contributed by atoms with Gasteiger partial charge in [-0.2, -0.15) is 0 Å². The van der Waals surface area contributed by atoms with Crippen molar-refractivity contribution in [2.75, 3.05) is 26.2 Å². The van der Waals surface area contributed by atoms with E-state index in [1.807, 2.05) is 6.07 Å². The number of nitrogens with one attached hydrogen (secondary N) is 2. The second-order valence-electron chi connectivity index (χ2n) is 16.4. The van der Waals surface area contributed by atoms with Gasteiger partial charge in [0.2, 0.25) is 12.5 Å². The first kappa shape index (κ1) is 31.8. The van der Waals surface area contributed by atoms with Gasteiger partial charge in [0.05, 0.1) is 11.1 Å². The van der Waals surface area contributed by atoms with Crippen molar-refractivity contribution in [3.8, 4) is 0 Å². The van der Waals surface area contributed by atoms with Gasteiger partial charge in [0.1, 0.15) is 0 Å². The fourth-order valence-corrected chi connectivity index (χ4v) is 12.4. The van der Waals surface area contributed by atoms with Crippen LogP contribution < -0.4 is 5.73 Å². The zero-order chi connectivity index (χ0) is 34.5. The molecule has 262 valence electrons. The molecule has 6 aliphatic rings. The van der Waals surface area contributed by atoms with Crippen molar-refractivity contribution >= 4 is 27.7 Å². The van der Waals surface area contributed by atoms with Gasteiger partial charge in [-0.1, -0.05) is 56.8 Å². The normalized spacial score (nSPS) is 34.0. The second-order valence-corrected chi connectivity index (χ2v) is 16.4. The Kier molecular flexibility index (Phi) is 7.29. The van der Waals surface area contributed by atoms with Crippen LogP contribution in [0.25, 0.3) is 21.8 Å². The molecule has 2 aromatic carbocycles. The summed E-state index contributed by atoms with van der Waals surface area (Å²) < 4.78 is 0. The van der Waals surface area contributed by atoms with Crippen LogP contribution in [0.15, 0.2) is 60.8 Å². The molecule has 6 heterocycles. The molecule has 2 saturated heterocycles. The first-order valence-electron chi connectivity index (χ1n) is 19.0. The molecule has 0 radical (unpaired) electrons. The van der Waals surface area contributed by atoms with Gasteiger partial charge in [-0.3, -0.25) is 14.9 Å². The summed E-state index contributed by atoms with van der Waals surface area (Å²) in [6.45, 7) is 11.6. The largest absolute Gasteiger partial charge is 0.364 e. The molecule has 2 aromatic heterocycles. The van der Waals surface area contributed by atoms with Gasteiger partial charge in [0.25, 0.3) is 0 Å². The molecule has 0 unspecified atom stereocenters. The summed E-state index contributed by atoms with van der Waals surface area (Å²) >= 11 is 0. The average Bonchev–Trinajstić information content (AvgIpc) is 3.86.